The van der Waals surface area contributed by atoms with Crippen LogP contribution >= 0.6 is 0 Å². The Bertz CT molecular complexity index is 582. The van der Waals surface area contributed by atoms with Gasteiger partial charge in [-0.3, -0.25) is 0 Å². The zero-order valence-electron chi connectivity index (χ0n) is 11.6. The molecule has 20 heavy (non-hydrogen) atoms. The lowest BCUT2D eigenvalue weighted by Gasteiger charge is -2.08. The van der Waals surface area contributed by atoms with Gasteiger partial charge in [-0.05, 0) is 24.6 Å². The monoisotopic (exact) mass is 280 g/mol. The van der Waals surface area contributed by atoms with Gasteiger partial charge in [0.05, 0.1) is 6.10 Å². The molecular formula is C14H17FN2O3. The van der Waals surface area contributed by atoms with Crippen molar-refractivity contribution in [1.82, 2.24) is 10.1 Å². The molecule has 2 rings (SSSR count). The summed E-state index contributed by atoms with van der Waals surface area (Å²) in [6.07, 6.45) is -0.719. The summed E-state index contributed by atoms with van der Waals surface area (Å²) in [5, 5.41) is 13.2. The Labute approximate surface area is 116 Å². The highest BCUT2D eigenvalue weighted by Gasteiger charge is 2.12. The van der Waals surface area contributed by atoms with Crippen LogP contribution in [0.3, 0.4) is 0 Å². The predicted molar refractivity (Wildman–Crippen MR) is 69.8 cm³/mol. The number of benzene rings is 1. The van der Waals surface area contributed by atoms with Crippen LogP contribution in [0.2, 0.25) is 0 Å². The first kappa shape index (κ1) is 14.5. The fraction of sp³-hybridized carbons (Fsp3) is 0.429. The van der Waals surface area contributed by atoms with E-state index in [0.29, 0.717) is 17.3 Å². The molecule has 2 aromatic rings. The lowest BCUT2D eigenvalue weighted by atomic mass is 10.1. The van der Waals surface area contributed by atoms with Crippen LogP contribution in [-0.2, 0) is 6.61 Å². The molecule has 0 fully saturated rings. The van der Waals surface area contributed by atoms with E-state index in [1.165, 1.54) is 12.1 Å². The summed E-state index contributed by atoms with van der Waals surface area (Å²) in [6.45, 7) is 5.47. The summed E-state index contributed by atoms with van der Waals surface area (Å²) in [5.41, 5.74) is 0.495. The standard InChI is InChI=1S/C14H17FN2O3/c1-8(2)14-16-13(20-17-14)7-19-12-5-4-10(9(3)18)6-11(12)15/h4-6,8-9,18H,7H2,1-3H3. The highest BCUT2D eigenvalue weighted by molar-refractivity contribution is 5.30. The number of halogens is 1. The van der Waals surface area contributed by atoms with Crippen molar-refractivity contribution in [3.63, 3.8) is 0 Å². The molecule has 1 N–H and O–H groups in total. The van der Waals surface area contributed by atoms with Gasteiger partial charge >= 0.3 is 0 Å². The second-order valence-electron chi connectivity index (χ2n) is 4.86. The minimum atomic E-state index is -0.719. The maximum atomic E-state index is 13.7. The molecule has 0 amide bonds. The molecule has 1 aromatic heterocycles. The van der Waals surface area contributed by atoms with Gasteiger partial charge in [0.2, 0.25) is 0 Å². The number of aliphatic hydroxyl groups is 1. The smallest absolute Gasteiger partial charge is 0.264 e. The first-order valence-corrected chi connectivity index (χ1v) is 6.40. The maximum Gasteiger partial charge on any atom is 0.264 e. The molecule has 0 radical (unpaired) electrons. The van der Waals surface area contributed by atoms with Crippen LogP contribution < -0.4 is 4.74 Å². The number of nitrogens with zero attached hydrogens (tertiary/aromatic N) is 2. The van der Waals surface area contributed by atoms with Crippen LogP contribution in [0.15, 0.2) is 22.7 Å². The van der Waals surface area contributed by atoms with Gasteiger partial charge in [-0.1, -0.05) is 25.1 Å². The van der Waals surface area contributed by atoms with Crippen molar-refractivity contribution < 1.29 is 18.8 Å². The van der Waals surface area contributed by atoms with E-state index >= 15 is 0 Å². The van der Waals surface area contributed by atoms with Crippen LogP contribution in [0, 0.1) is 5.82 Å². The SMILES string of the molecule is CC(C)c1noc(COc2ccc(C(C)O)cc2F)n1. The van der Waals surface area contributed by atoms with Crippen LogP contribution in [0.5, 0.6) is 5.75 Å². The Morgan fingerprint density at radius 3 is 2.65 bits per heavy atom. The average Bonchev–Trinajstić information content (AvgIpc) is 2.86. The van der Waals surface area contributed by atoms with Crippen molar-refractivity contribution >= 4 is 0 Å². The molecule has 6 heteroatoms. The van der Waals surface area contributed by atoms with E-state index in [-0.39, 0.29) is 18.3 Å². The zero-order valence-corrected chi connectivity index (χ0v) is 11.6. The van der Waals surface area contributed by atoms with Crippen molar-refractivity contribution in [2.75, 3.05) is 0 Å². The number of aromatic nitrogens is 2. The molecule has 0 aliphatic heterocycles. The summed E-state index contributed by atoms with van der Waals surface area (Å²) in [7, 11) is 0. The van der Waals surface area contributed by atoms with Crippen molar-refractivity contribution in [2.24, 2.45) is 0 Å². The summed E-state index contributed by atoms with van der Waals surface area (Å²) in [5.74, 6) is 0.599. The summed E-state index contributed by atoms with van der Waals surface area (Å²) in [4.78, 5) is 4.14. The number of hydrogen-bond acceptors (Lipinski definition) is 5. The Balaban J connectivity index is 2.03. The topological polar surface area (TPSA) is 68.4 Å². The predicted octanol–water partition coefficient (Wildman–Crippen LogP) is 2.96. The Morgan fingerprint density at radius 1 is 1.35 bits per heavy atom. The van der Waals surface area contributed by atoms with Gasteiger partial charge in [-0.2, -0.15) is 4.98 Å². The first-order valence-electron chi connectivity index (χ1n) is 6.40. The fourth-order valence-corrected chi connectivity index (χ4v) is 1.59. The normalized spacial score (nSPS) is 12.7. The summed E-state index contributed by atoms with van der Waals surface area (Å²) < 4.78 is 24.0. The summed E-state index contributed by atoms with van der Waals surface area (Å²) >= 11 is 0. The zero-order chi connectivity index (χ0) is 14.7. The molecule has 108 valence electrons. The fourth-order valence-electron chi connectivity index (χ4n) is 1.59. The van der Waals surface area contributed by atoms with Gasteiger partial charge in [-0.15, -0.1) is 0 Å². The van der Waals surface area contributed by atoms with Crippen LogP contribution in [-0.4, -0.2) is 15.2 Å². The molecule has 1 atom stereocenters. The largest absolute Gasteiger partial charge is 0.481 e. The number of aliphatic hydroxyl groups excluding tert-OH is 1. The van der Waals surface area contributed by atoms with Gasteiger partial charge in [0.25, 0.3) is 5.89 Å². The Hall–Kier alpha value is -1.95. The number of rotatable bonds is 5. The van der Waals surface area contributed by atoms with E-state index in [1.54, 1.807) is 13.0 Å². The second kappa shape index (κ2) is 6.00. The van der Waals surface area contributed by atoms with Gasteiger partial charge in [0.1, 0.15) is 0 Å². The first-order chi connectivity index (χ1) is 9.47. The molecule has 0 spiro atoms. The molecular weight excluding hydrogens is 263 g/mol. The van der Waals surface area contributed by atoms with E-state index in [9.17, 15) is 9.50 Å². The van der Waals surface area contributed by atoms with Crippen LogP contribution in [0.25, 0.3) is 0 Å². The van der Waals surface area contributed by atoms with Gasteiger partial charge in [-0.25, -0.2) is 4.39 Å². The molecule has 0 aliphatic rings. The van der Waals surface area contributed by atoms with Gasteiger partial charge in [0, 0.05) is 5.92 Å². The lowest BCUT2D eigenvalue weighted by molar-refractivity contribution is 0.198. The summed E-state index contributed by atoms with van der Waals surface area (Å²) in [6, 6.07) is 4.32. The van der Waals surface area contributed by atoms with Crippen LogP contribution in [0.4, 0.5) is 4.39 Å². The molecule has 1 unspecified atom stereocenters. The molecule has 5 nitrogen and oxygen atoms in total. The van der Waals surface area contributed by atoms with E-state index in [1.807, 2.05) is 13.8 Å². The molecule has 0 saturated carbocycles. The van der Waals surface area contributed by atoms with Gasteiger partial charge in [0.15, 0.2) is 24.0 Å². The van der Waals surface area contributed by atoms with E-state index in [4.69, 9.17) is 9.26 Å². The van der Waals surface area contributed by atoms with E-state index in [2.05, 4.69) is 10.1 Å². The molecule has 0 aliphatic carbocycles. The van der Waals surface area contributed by atoms with Crippen molar-refractivity contribution in [3.8, 4) is 5.75 Å². The highest BCUT2D eigenvalue weighted by Crippen LogP contribution is 2.22. The quantitative estimate of drug-likeness (QED) is 0.912. The highest BCUT2D eigenvalue weighted by atomic mass is 19.1. The second-order valence-corrected chi connectivity index (χ2v) is 4.86. The molecule has 1 aromatic carbocycles. The van der Waals surface area contributed by atoms with Crippen molar-refractivity contribution in [2.45, 2.75) is 39.4 Å². The van der Waals surface area contributed by atoms with Crippen molar-refractivity contribution in [3.05, 3.63) is 41.3 Å². The lowest BCUT2D eigenvalue weighted by Crippen LogP contribution is -2.00. The Kier molecular flexibility index (Phi) is 4.34. The minimum Gasteiger partial charge on any atom is -0.481 e. The third-order valence-electron chi connectivity index (χ3n) is 2.79. The van der Waals surface area contributed by atoms with Crippen LogP contribution in [0.1, 0.15) is 50.1 Å². The Morgan fingerprint density at radius 2 is 2.10 bits per heavy atom. The van der Waals surface area contributed by atoms with E-state index < -0.39 is 11.9 Å². The van der Waals surface area contributed by atoms with E-state index in [0.717, 1.165) is 0 Å². The number of hydrogen-bond donors (Lipinski definition) is 1. The third-order valence-corrected chi connectivity index (χ3v) is 2.79. The molecule has 0 saturated heterocycles. The molecule has 1 heterocycles. The number of ether oxygens (including phenoxy) is 1. The van der Waals surface area contributed by atoms with Gasteiger partial charge < -0.3 is 14.4 Å². The maximum absolute atomic E-state index is 13.7. The van der Waals surface area contributed by atoms with Crippen molar-refractivity contribution in [1.29, 1.82) is 0 Å². The average molecular weight is 280 g/mol. The molecule has 0 bridgehead atoms. The minimum absolute atomic E-state index is 0.00463. The third kappa shape index (κ3) is 3.33.